The van der Waals surface area contributed by atoms with Gasteiger partial charge in [-0.3, -0.25) is 13.9 Å². The van der Waals surface area contributed by atoms with Crippen LogP contribution in [0.5, 0.6) is 5.75 Å². The lowest BCUT2D eigenvalue weighted by Crippen LogP contribution is -2.38. The minimum atomic E-state index is -4.09. The molecule has 0 aliphatic carbocycles. The second kappa shape index (κ2) is 9.05. The molecule has 9 heteroatoms. The molecule has 8 nitrogen and oxygen atoms in total. The van der Waals surface area contributed by atoms with E-state index in [0.717, 1.165) is 4.31 Å². The molecule has 0 spiro atoms. The summed E-state index contributed by atoms with van der Waals surface area (Å²) >= 11 is 0. The number of nitrogens with two attached hydrogens (primary N) is 1. The number of hydrogen-bond acceptors (Lipinski definition) is 5. The van der Waals surface area contributed by atoms with Gasteiger partial charge in [0, 0.05) is 18.7 Å². The van der Waals surface area contributed by atoms with Crippen LogP contribution >= 0.6 is 0 Å². The van der Waals surface area contributed by atoms with Crippen molar-refractivity contribution in [1.82, 2.24) is 0 Å². The minimum absolute atomic E-state index is 0.0553. The van der Waals surface area contributed by atoms with Crippen LogP contribution in [0.2, 0.25) is 0 Å². The molecule has 2 aromatic rings. The summed E-state index contributed by atoms with van der Waals surface area (Å²) in [6, 6.07) is 11.9. The van der Waals surface area contributed by atoms with E-state index in [0.29, 0.717) is 11.4 Å². The predicted molar refractivity (Wildman–Crippen MR) is 107 cm³/mol. The summed E-state index contributed by atoms with van der Waals surface area (Å²) in [5.74, 6) is -0.666. The third kappa shape index (κ3) is 5.34. The Morgan fingerprint density at radius 2 is 1.89 bits per heavy atom. The molecule has 148 valence electrons. The van der Waals surface area contributed by atoms with Gasteiger partial charge in [0.25, 0.3) is 10.0 Å². The molecule has 0 saturated heterocycles. The summed E-state index contributed by atoms with van der Waals surface area (Å²) in [4.78, 5) is 22.6. The summed E-state index contributed by atoms with van der Waals surface area (Å²) in [7, 11) is -4.09. The summed E-state index contributed by atoms with van der Waals surface area (Å²) < 4.78 is 32.5. The third-order valence-corrected chi connectivity index (χ3v) is 5.32. The predicted octanol–water partition coefficient (Wildman–Crippen LogP) is 1.89. The number of hydrogen-bond donors (Lipinski definition) is 2. The first-order valence-corrected chi connectivity index (χ1v) is 9.70. The highest BCUT2D eigenvalue weighted by atomic mass is 32.2. The fourth-order valence-corrected chi connectivity index (χ4v) is 3.80. The van der Waals surface area contributed by atoms with E-state index in [4.69, 9.17) is 10.5 Å². The average Bonchev–Trinajstić information content (AvgIpc) is 2.64. The van der Waals surface area contributed by atoms with Gasteiger partial charge in [0.05, 0.1) is 10.6 Å². The lowest BCUT2D eigenvalue weighted by Gasteiger charge is -2.23. The zero-order valence-corrected chi connectivity index (χ0v) is 16.1. The number of benzene rings is 2. The maximum atomic E-state index is 13.1. The van der Waals surface area contributed by atoms with Crippen LogP contribution in [0.15, 0.2) is 66.1 Å². The molecule has 0 aromatic heterocycles. The first-order chi connectivity index (χ1) is 13.2. The Morgan fingerprint density at radius 1 is 1.21 bits per heavy atom. The normalized spacial score (nSPS) is 10.8. The second-order valence-electron chi connectivity index (χ2n) is 5.78. The van der Waals surface area contributed by atoms with Gasteiger partial charge < -0.3 is 15.8 Å². The number of nitrogens with one attached hydrogen (secondary N) is 1. The van der Waals surface area contributed by atoms with Crippen molar-refractivity contribution in [3.8, 4) is 5.75 Å². The standard InChI is InChI=1S/C19H21N3O5S/c1-3-11-27-17-6-4-5-16(12-17)22(13-19(20)24)28(25,26)18-9-7-15(8-10-18)21-14(2)23/h3-10,12H,1,11,13H2,2H3,(H2,20,24)(H,21,23). The minimum Gasteiger partial charge on any atom is -0.489 e. The number of carbonyl (C=O) groups excluding carboxylic acids is 2. The largest absolute Gasteiger partial charge is 0.489 e. The fourth-order valence-electron chi connectivity index (χ4n) is 2.38. The van der Waals surface area contributed by atoms with E-state index in [1.165, 1.54) is 43.3 Å². The van der Waals surface area contributed by atoms with Gasteiger partial charge in [-0.05, 0) is 36.4 Å². The van der Waals surface area contributed by atoms with Crippen molar-refractivity contribution in [3.63, 3.8) is 0 Å². The number of sulfonamides is 1. The monoisotopic (exact) mass is 403 g/mol. The molecule has 0 bridgehead atoms. The van der Waals surface area contributed by atoms with Crippen LogP contribution in [0.1, 0.15) is 6.92 Å². The molecule has 3 N–H and O–H groups in total. The molecule has 0 heterocycles. The van der Waals surface area contributed by atoms with Crippen molar-refractivity contribution in [2.45, 2.75) is 11.8 Å². The van der Waals surface area contributed by atoms with Crippen LogP contribution < -0.4 is 20.1 Å². The van der Waals surface area contributed by atoms with Gasteiger partial charge in [0.1, 0.15) is 18.9 Å². The molecule has 0 radical (unpaired) electrons. The summed E-state index contributed by atoms with van der Waals surface area (Å²) in [5.41, 5.74) is 5.95. The number of anilines is 2. The zero-order chi connectivity index (χ0) is 20.7. The van der Waals surface area contributed by atoms with Gasteiger partial charge in [0.2, 0.25) is 11.8 Å². The summed E-state index contributed by atoms with van der Waals surface area (Å²) in [5, 5.41) is 2.56. The number of ether oxygens (including phenoxy) is 1. The van der Waals surface area contributed by atoms with E-state index in [9.17, 15) is 18.0 Å². The van der Waals surface area contributed by atoms with Crippen LogP contribution in [0.3, 0.4) is 0 Å². The van der Waals surface area contributed by atoms with Crippen molar-refractivity contribution in [2.75, 3.05) is 22.8 Å². The molecule has 0 aliphatic heterocycles. The van der Waals surface area contributed by atoms with Crippen molar-refractivity contribution in [2.24, 2.45) is 5.73 Å². The smallest absolute Gasteiger partial charge is 0.264 e. The first kappa shape index (κ1) is 21.0. The Balaban J connectivity index is 2.42. The molecule has 2 rings (SSSR count). The molecule has 0 unspecified atom stereocenters. The molecule has 2 amide bonds. The third-order valence-electron chi connectivity index (χ3n) is 3.54. The highest BCUT2D eigenvalue weighted by molar-refractivity contribution is 7.92. The Kier molecular flexibility index (Phi) is 6.78. The summed E-state index contributed by atoms with van der Waals surface area (Å²) in [6.07, 6.45) is 1.56. The maximum absolute atomic E-state index is 13.1. The molecular formula is C19H21N3O5S. The second-order valence-corrected chi connectivity index (χ2v) is 7.64. The van der Waals surface area contributed by atoms with E-state index < -0.39 is 22.5 Å². The summed E-state index contributed by atoms with van der Waals surface area (Å²) in [6.45, 7) is 4.61. The number of carbonyl (C=O) groups is 2. The van der Waals surface area contributed by atoms with E-state index in [1.54, 1.807) is 18.2 Å². The first-order valence-electron chi connectivity index (χ1n) is 8.26. The topological polar surface area (TPSA) is 119 Å². The lowest BCUT2D eigenvalue weighted by atomic mass is 10.3. The van der Waals surface area contributed by atoms with Crippen LogP contribution in [0, 0.1) is 0 Å². The number of primary amides is 1. The average molecular weight is 403 g/mol. The number of amides is 2. The van der Waals surface area contributed by atoms with Crippen LogP contribution in [0.4, 0.5) is 11.4 Å². The van der Waals surface area contributed by atoms with Crippen molar-refractivity contribution < 1.29 is 22.7 Å². The van der Waals surface area contributed by atoms with Crippen LogP contribution in [-0.4, -0.2) is 33.4 Å². The highest BCUT2D eigenvalue weighted by Crippen LogP contribution is 2.27. The molecule has 0 atom stereocenters. The Morgan fingerprint density at radius 3 is 2.46 bits per heavy atom. The maximum Gasteiger partial charge on any atom is 0.264 e. The van der Waals surface area contributed by atoms with Crippen molar-refractivity contribution >= 4 is 33.2 Å². The molecule has 2 aromatic carbocycles. The van der Waals surface area contributed by atoms with Gasteiger partial charge in [-0.1, -0.05) is 18.7 Å². The molecule has 28 heavy (non-hydrogen) atoms. The lowest BCUT2D eigenvalue weighted by molar-refractivity contribution is -0.116. The Labute approximate surface area is 163 Å². The highest BCUT2D eigenvalue weighted by Gasteiger charge is 2.26. The molecular weight excluding hydrogens is 382 g/mol. The van der Waals surface area contributed by atoms with Gasteiger partial charge in [0.15, 0.2) is 0 Å². The molecule has 0 aliphatic rings. The van der Waals surface area contributed by atoms with Gasteiger partial charge >= 0.3 is 0 Å². The Hall–Kier alpha value is -3.33. The van der Waals surface area contributed by atoms with Gasteiger partial charge in [-0.25, -0.2) is 8.42 Å². The number of rotatable bonds is 9. The van der Waals surface area contributed by atoms with Crippen LogP contribution in [0.25, 0.3) is 0 Å². The fraction of sp³-hybridized carbons (Fsp3) is 0.158. The van der Waals surface area contributed by atoms with Crippen molar-refractivity contribution in [1.29, 1.82) is 0 Å². The van der Waals surface area contributed by atoms with E-state index >= 15 is 0 Å². The van der Waals surface area contributed by atoms with E-state index in [2.05, 4.69) is 11.9 Å². The van der Waals surface area contributed by atoms with E-state index in [1.807, 2.05) is 0 Å². The molecule has 0 saturated carbocycles. The SMILES string of the molecule is C=CCOc1cccc(N(CC(N)=O)S(=O)(=O)c2ccc(NC(C)=O)cc2)c1. The van der Waals surface area contributed by atoms with Crippen LogP contribution in [-0.2, 0) is 19.6 Å². The quantitative estimate of drug-likeness (QED) is 0.620. The van der Waals surface area contributed by atoms with Gasteiger partial charge in [-0.15, -0.1) is 0 Å². The Bertz CT molecular complexity index is 971. The van der Waals surface area contributed by atoms with E-state index in [-0.39, 0.29) is 23.1 Å². The van der Waals surface area contributed by atoms with Gasteiger partial charge in [-0.2, -0.15) is 0 Å². The zero-order valence-electron chi connectivity index (χ0n) is 15.3. The van der Waals surface area contributed by atoms with Crippen molar-refractivity contribution in [3.05, 3.63) is 61.2 Å². The molecule has 0 fully saturated rings. The number of nitrogens with zero attached hydrogens (tertiary/aromatic N) is 1.